The van der Waals surface area contributed by atoms with Crippen LogP contribution in [0.2, 0.25) is 0 Å². The summed E-state index contributed by atoms with van der Waals surface area (Å²) in [6.45, 7) is 3.48. The SMILES string of the molecule is CCN(C(=O)c1ccc(C(N)=O)cc1OC)C1CCCN1. The summed E-state index contributed by atoms with van der Waals surface area (Å²) in [5.74, 6) is -0.283. The van der Waals surface area contributed by atoms with Crippen molar-refractivity contribution >= 4 is 11.8 Å². The van der Waals surface area contributed by atoms with E-state index >= 15 is 0 Å². The third-order valence-corrected chi connectivity index (χ3v) is 3.73. The number of amides is 2. The summed E-state index contributed by atoms with van der Waals surface area (Å²) in [6, 6.07) is 4.65. The van der Waals surface area contributed by atoms with Gasteiger partial charge >= 0.3 is 0 Å². The van der Waals surface area contributed by atoms with Gasteiger partial charge in [0.25, 0.3) is 5.91 Å². The number of nitrogens with two attached hydrogens (primary N) is 1. The molecular formula is C15H21N3O3. The molecule has 1 fully saturated rings. The smallest absolute Gasteiger partial charge is 0.258 e. The van der Waals surface area contributed by atoms with Crippen LogP contribution in [0.5, 0.6) is 5.75 Å². The summed E-state index contributed by atoms with van der Waals surface area (Å²) >= 11 is 0. The van der Waals surface area contributed by atoms with E-state index in [9.17, 15) is 9.59 Å². The van der Waals surface area contributed by atoms with Crippen molar-refractivity contribution in [2.24, 2.45) is 5.73 Å². The van der Waals surface area contributed by atoms with Crippen molar-refractivity contribution in [1.82, 2.24) is 10.2 Å². The minimum atomic E-state index is -0.544. The lowest BCUT2D eigenvalue weighted by Gasteiger charge is -2.28. The number of nitrogens with zero attached hydrogens (tertiary/aromatic N) is 1. The summed E-state index contributed by atoms with van der Waals surface area (Å²) in [5.41, 5.74) is 6.02. The number of methoxy groups -OCH3 is 1. The number of primary amides is 1. The number of hydrogen-bond acceptors (Lipinski definition) is 4. The molecule has 6 heteroatoms. The van der Waals surface area contributed by atoms with Gasteiger partial charge in [0.15, 0.2) is 0 Å². The number of hydrogen-bond donors (Lipinski definition) is 2. The largest absolute Gasteiger partial charge is 0.496 e. The van der Waals surface area contributed by atoms with Gasteiger partial charge in [-0.25, -0.2) is 0 Å². The van der Waals surface area contributed by atoms with Gasteiger partial charge in [-0.05, 0) is 44.5 Å². The molecule has 1 heterocycles. The van der Waals surface area contributed by atoms with Crippen molar-refractivity contribution in [3.8, 4) is 5.75 Å². The molecule has 2 rings (SSSR count). The predicted molar refractivity (Wildman–Crippen MR) is 79.2 cm³/mol. The standard InChI is InChI=1S/C15H21N3O3/c1-3-18(13-5-4-8-17-13)15(20)11-7-6-10(14(16)19)9-12(11)21-2/h6-7,9,13,17H,3-5,8H2,1-2H3,(H2,16,19). The second-order valence-corrected chi connectivity index (χ2v) is 4.98. The molecule has 0 aromatic heterocycles. The highest BCUT2D eigenvalue weighted by atomic mass is 16.5. The van der Waals surface area contributed by atoms with Gasteiger partial charge in [0.05, 0.1) is 18.8 Å². The van der Waals surface area contributed by atoms with Crippen LogP contribution in [-0.4, -0.2) is 43.1 Å². The van der Waals surface area contributed by atoms with Crippen molar-refractivity contribution in [1.29, 1.82) is 0 Å². The molecule has 1 aliphatic heterocycles. The van der Waals surface area contributed by atoms with Crippen molar-refractivity contribution < 1.29 is 14.3 Å². The molecular weight excluding hydrogens is 270 g/mol. The van der Waals surface area contributed by atoms with E-state index in [-0.39, 0.29) is 12.1 Å². The molecule has 114 valence electrons. The van der Waals surface area contributed by atoms with Crippen molar-refractivity contribution in [3.05, 3.63) is 29.3 Å². The Labute approximate surface area is 124 Å². The van der Waals surface area contributed by atoms with E-state index in [1.54, 1.807) is 17.0 Å². The minimum Gasteiger partial charge on any atom is -0.496 e. The summed E-state index contributed by atoms with van der Waals surface area (Å²) in [6.07, 6.45) is 2.07. The molecule has 2 amide bonds. The average Bonchev–Trinajstić information content (AvgIpc) is 3.01. The van der Waals surface area contributed by atoms with Crippen LogP contribution in [0.3, 0.4) is 0 Å². The molecule has 1 unspecified atom stereocenters. The van der Waals surface area contributed by atoms with Crippen LogP contribution in [0.4, 0.5) is 0 Å². The fraction of sp³-hybridized carbons (Fsp3) is 0.467. The van der Waals surface area contributed by atoms with Gasteiger partial charge in [-0.3, -0.25) is 14.9 Å². The molecule has 1 aliphatic rings. The zero-order valence-electron chi connectivity index (χ0n) is 12.4. The number of carbonyl (C=O) groups excluding carboxylic acids is 2. The number of carbonyl (C=O) groups is 2. The third kappa shape index (κ3) is 3.16. The van der Waals surface area contributed by atoms with Gasteiger partial charge in [0.2, 0.25) is 5.91 Å². The molecule has 21 heavy (non-hydrogen) atoms. The molecule has 6 nitrogen and oxygen atoms in total. The third-order valence-electron chi connectivity index (χ3n) is 3.73. The van der Waals surface area contributed by atoms with Crippen LogP contribution >= 0.6 is 0 Å². The molecule has 0 saturated carbocycles. The first kappa shape index (κ1) is 15.3. The Hall–Kier alpha value is -2.08. The summed E-state index contributed by atoms with van der Waals surface area (Å²) in [4.78, 5) is 25.7. The van der Waals surface area contributed by atoms with Crippen LogP contribution < -0.4 is 15.8 Å². The highest BCUT2D eigenvalue weighted by Gasteiger charge is 2.27. The van der Waals surface area contributed by atoms with Gasteiger partial charge < -0.3 is 15.4 Å². The van der Waals surface area contributed by atoms with Crippen LogP contribution in [0.25, 0.3) is 0 Å². The van der Waals surface area contributed by atoms with Crippen LogP contribution in [-0.2, 0) is 0 Å². The Kier molecular flexibility index (Phi) is 4.80. The van der Waals surface area contributed by atoms with Crippen molar-refractivity contribution in [2.75, 3.05) is 20.2 Å². The first-order valence-electron chi connectivity index (χ1n) is 7.10. The van der Waals surface area contributed by atoms with E-state index < -0.39 is 5.91 Å². The Morgan fingerprint density at radius 3 is 2.76 bits per heavy atom. The maximum absolute atomic E-state index is 12.7. The van der Waals surface area contributed by atoms with E-state index in [2.05, 4.69) is 5.32 Å². The maximum atomic E-state index is 12.7. The molecule has 1 aromatic rings. The first-order chi connectivity index (χ1) is 10.1. The van der Waals surface area contributed by atoms with Gasteiger partial charge in [0.1, 0.15) is 5.75 Å². The average molecular weight is 291 g/mol. The highest BCUT2D eigenvalue weighted by molar-refractivity contribution is 6.00. The summed E-state index contributed by atoms with van der Waals surface area (Å²) < 4.78 is 5.24. The molecule has 3 N–H and O–H groups in total. The lowest BCUT2D eigenvalue weighted by atomic mass is 10.1. The fourth-order valence-electron chi connectivity index (χ4n) is 2.61. The van der Waals surface area contributed by atoms with E-state index in [0.717, 1.165) is 19.4 Å². The zero-order chi connectivity index (χ0) is 15.4. The molecule has 0 aliphatic carbocycles. The van der Waals surface area contributed by atoms with E-state index in [1.807, 2.05) is 6.92 Å². The molecule has 0 bridgehead atoms. The zero-order valence-corrected chi connectivity index (χ0v) is 12.4. The van der Waals surface area contributed by atoms with Gasteiger partial charge in [0, 0.05) is 12.1 Å². The van der Waals surface area contributed by atoms with E-state index in [1.165, 1.54) is 13.2 Å². The number of benzene rings is 1. The van der Waals surface area contributed by atoms with Crippen LogP contribution in [0, 0.1) is 0 Å². The van der Waals surface area contributed by atoms with Gasteiger partial charge in [-0.15, -0.1) is 0 Å². The fourth-order valence-corrected chi connectivity index (χ4v) is 2.61. The Balaban J connectivity index is 2.30. The van der Waals surface area contributed by atoms with E-state index in [0.29, 0.717) is 23.4 Å². The van der Waals surface area contributed by atoms with Crippen molar-refractivity contribution in [3.63, 3.8) is 0 Å². The normalized spacial score (nSPS) is 17.5. The summed E-state index contributed by atoms with van der Waals surface area (Å²) in [7, 11) is 1.47. The van der Waals surface area contributed by atoms with Crippen LogP contribution in [0.15, 0.2) is 18.2 Å². The topological polar surface area (TPSA) is 84.7 Å². The quantitative estimate of drug-likeness (QED) is 0.846. The Bertz CT molecular complexity index is 539. The molecule has 1 aromatic carbocycles. The predicted octanol–water partition coefficient (Wildman–Crippen LogP) is 0.966. The second kappa shape index (κ2) is 6.58. The van der Waals surface area contributed by atoms with Crippen LogP contribution in [0.1, 0.15) is 40.5 Å². The van der Waals surface area contributed by atoms with Gasteiger partial charge in [-0.1, -0.05) is 0 Å². The minimum absolute atomic E-state index is 0.0584. The number of ether oxygens (including phenoxy) is 1. The monoisotopic (exact) mass is 291 g/mol. The lowest BCUT2D eigenvalue weighted by Crippen LogP contribution is -2.45. The first-order valence-corrected chi connectivity index (χ1v) is 7.10. The van der Waals surface area contributed by atoms with E-state index in [4.69, 9.17) is 10.5 Å². The second-order valence-electron chi connectivity index (χ2n) is 4.98. The molecule has 1 saturated heterocycles. The number of nitrogens with one attached hydrogen (secondary N) is 1. The van der Waals surface area contributed by atoms with Gasteiger partial charge in [-0.2, -0.15) is 0 Å². The Morgan fingerprint density at radius 2 is 2.24 bits per heavy atom. The molecule has 1 atom stereocenters. The lowest BCUT2D eigenvalue weighted by molar-refractivity contribution is 0.0670. The summed E-state index contributed by atoms with van der Waals surface area (Å²) in [5, 5.41) is 3.32. The Morgan fingerprint density at radius 1 is 1.48 bits per heavy atom. The molecule has 0 radical (unpaired) electrons. The number of rotatable bonds is 5. The highest BCUT2D eigenvalue weighted by Crippen LogP contribution is 2.23. The maximum Gasteiger partial charge on any atom is 0.258 e. The molecule has 0 spiro atoms. The van der Waals surface area contributed by atoms with Crippen molar-refractivity contribution in [2.45, 2.75) is 25.9 Å².